The molecular formula is C16H18F4N4. The van der Waals surface area contributed by atoms with E-state index in [0.29, 0.717) is 17.7 Å². The average Bonchev–Trinajstić information content (AvgIpc) is 2.49. The maximum absolute atomic E-state index is 13.3. The van der Waals surface area contributed by atoms with Crippen LogP contribution in [0.3, 0.4) is 0 Å². The highest BCUT2D eigenvalue weighted by atomic mass is 19.4. The Hall–Kier alpha value is -2.38. The van der Waals surface area contributed by atoms with Crippen LogP contribution in [0.1, 0.15) is 31.5 Å². The van der Waals surface area contributed by atoms with Crippen LogP contribution in [0.4, 0.5) is 35.0 Å². The van der Waals surface area contributed by atoms with Crippen LogP contribution in [0.15, 0.2) is 24.3 Å². The van der Waals surface area contributed by atoms with Gasteiger partial charge in [0.25, 0.3) is 0 Å². The molecule has 0 bridgehead atoms. The predicted molar refractivity (Wildman–Crippen MR) is 84.8 cm³/mol. The molecule has 0 spiro atoms. The zero-order valence-corrected chi connectivity index (χ0v) is 13.5. The SMILES string of the molecule is CC[C@@H](C)Nc1nc(Nc2ccc(F)c(C)c2)cc(C(F)(F)F)n1. The molecule has 1 aromatic heterocycles. The molecule has 0 unspecified atom stereocenters. The highest BCUT2D eigenvalue weighted by Crippen LogP contribution is 2.30. The van der Waals surface area contributed by atoms with Crippen molar-refractivity contribution in [2.75, 3.05) is 10.6 Å². The van der Waals surface area contributed by atoms with Crippen LogP contribution in [-0.2, 0) is 6.18 Å². The van der Waals surface area contributed by atoms with E-state index in [1.54, 1.807) is 6.92 Å². The van der Waals surface area contributed by atoms with Crippen LogP contribution in [-0.4, -0.2) is 16.0 Å². The Labute approximate surface area is 137 Å². The van der Waals surface area contributed by atoms with Gasteiger partial charge in [-0.3, -0.25) is 0 Å². The Morgan fingerprint density at radius 1 is 1.17 bits per heavy atom. The van der Waals surface area contributed by atoms with Crippen LogP contribution >= 0.6 is 0 Å². The summed E-state index contributed by atoms with van der Waals surface area (Å²) in [7, 11) is 0. The monoisotopic (exact) mass is 342 g/mol. The maximum atomic E-state index is 13.3. The zero-order chi connectivity index (χ0) is 17.9. The van der Waals surface area contributed by atoms with Crippen LogP contribution in [0.2, 0.25) is 0 Å². The van der Waals surface area contributed by atoms with Gasteiger partial charge in [0.15, 0.2) is 5.69 Å². The summed E-state index contributed by atoms with van der Waals surface area (Å²) in [6.45, 7) is 5.28. The van der Waals surface area contributed by atoms with Gasteiger partial charge in [-0.05, 0) is 44.0 Å². The molecule has 1 atom stereocenters. The molecule has 0 aliphatic carbocycles. The van der Waals surface area contributed by atoms with E-state index >= 15 is 0 Å². The van der Waals surface area contributed by atoms with Crippen molar-refractivity contribution < 1.29 is 17.6 Å². The van der Waals surface area contributed by atoms with Crippen molar-refractivity contribution in [3.05, 3.63) is 41.3 Å². The summed E-state index contributed by atoms with van der Waals surface area (Å²) in [5.41, 5.74) is -0.233. The van der Waals surface area contributed by atoms with Crippen molar-refractivity contribution >= 4 is 17.5 Å². The van der Waals surface area contributed by atoms with Crippen LogP contribution in [0.25, 0.3) is 0 Å². The number of rotatable bonds is 5. The fourth-order valence-corrected chi connectivity index (χ4v) is 1.91. The van der Waals surface area contributed by atoms with Gasteiger partial charge in [-0.25, -0.2) is 9.37 Å². The minimum absolute atomic E-state index is 0.0193. The molecule has 130 valence electrons. The lowest BCUT2D eigenvalue weighted by Crippen LogP contribution is -2.18. The molecule has 0 fully saturated rings. The van der Waals surface area contributed by atoms with E-state index in [2.05, 4.69) is 20.6 Å². The molecule has 0 aliphatic rings. The Balaban J connectivity index is 2.36. The lowest BCUT2D eigenvalue weighted by Gasteiger charge is -2.15. The Kier molecular flexibility index (Phi) is 5.26. The molecule has 2 rings (SSSR count). The standard InChI is InChI=1S/C16H18F4N4/c1-4-10(3)21-15-23-13(16(18,19)20)8-14(24-15)22-11-5-6-12(17)9(2)7-11/h5-8,10H,4H2,1-3H3,(H2,21,22,23,24)/t10-/m1/s1. The average molecular weight is 342 g/mol. The van der Waals surface area contributed by atoms with Gasteiger partial charge < -0.3 is 10.6 Å². The third-order valence-corrected chi connectivity index (χ3v) is 3.43. The fraction of sp³-hybridized carbons (Fsp3) is 0.375. The summed E-state index contributed by atoms with van der Waals surface area (Å²) in [6, 6.07) is 4.91. The molecule has 0 saturated heterocycles. The van der Waals surface area contributed by atoms with Crippen LogP contribution in [0.5, 0.6) is 0 Å². The quantitative estimate of drug-likeness (QED) is 0.759. The predicted octanol–water partition coefficient (Wildman–Crippen LogP) is 4.90. The van der Waals surface area contributed by atoms with Gasteiger partial charge in [0.2, 0.25) is 5.95 Å². The van der Waals surface area contributed by atoms with Crippen LogP contribution < -0.4 is 10.6 Å². The van der Waals surface area contributed by atoms with Gasteiger partial charge in [-0.15, -0.1) is 0 Å². The molecule has 1 heterocycles. The Bertz CT molecular complexity index is 716. The third-order valence-electron chi connectivity index (χ3n) is 3.43. The van der Waals surface area contributed by atoms with Gasteiger partial charge in [-0.1, -0.05) is 6.92 Å². The van der Waals surface area contributed by atoms with E-state index in [0.717, 1.165) is 6.07 Å². The van der Waals surface area contributed by atoms with Gasteiger partial charge in [0, 0.05) is 17.8 Å². The molecule has 2 aromatic rings. The van der Waals surface area contributed by atoms with Gasteiger partial charge in [0.05, 0.1) is 0 Å². The number of halogens is 4. The van der Waals surface area contributed by atoms with E-state index < -0.39 is 17.7 Å². The summed E-state index contributed by atoms with van der Waals surface area (Å²) in [5.74, 6) is -0.520. The van der Waals surface area contributed by atoms with E-state index in [9.17, 15) is 17.6 Å². The van der Waals surface area contributed by atoms with Gasteiger partial charge in [0.1, 0.15) is 11.6 Å². The topological polar surface area (TPSA) is 49.8 Å². The number of benzene rings is 1. The highest BCUT2D eigenvalue weighted by Gasteiger charge is 2.33. The molecule has 1 aromatic carbocycles. The lowest BCUT2D eigenvalue weighted by atomic mass is 10.2. The minimum Gasteiger partial charge on any atom is -0.352 e. The lowest BCUT2D eigenvalue weighted by molar-refractivity contribution is -0.141. The summed E-state index contributed by atoms with van der Waals surface area (Å²) in [6.07, 6.45) is -3.89. The minimum atomic E-state index is -4.59. The molecule has 8 heteroatoms. The van der Waals surface area contributed by atoms with Crippen molar-refractivity contribution in [1.82, 2.24) is 9.97 Å². The summed E-state index contributed by atoms with van der Waals surface area (Å²) in [4.78, 5) is 7.57. The van der Waals surface area contributed by atoms with E-state index in [1.165, 1.54) is 18.2 Å². The smallest absolute Gasteiger partial charge is 0.352 e. The first-order valence-corrected chi connectivity index (χ1v) is 7.45. The van der Waals surface area contributed by atoms with E-state index in [-0.39, 0.29) is 17.8 Å². The molecule has 0 aliphatic heterocycles. The summed E-state index contributed by atoms with van der Waals surface area (Å²) >= 11 is 0. The summed E-state index contributed by atoms with van der Waals surface area (Å²) < 4.78 is 52.4. The number of anilines is 3. The van der Waals surface area contributed by atoms with E-state index in [4.69, 9.17) is 0 Å². The molecule has 0 amide bonds. The van der Waals surface area contributed by atoms with Crippen molar-refractivity contribution in [1.29, 1.82) is 0 Å². The Morgan fingerprint density at radius 2 is 1.88 bits per heavy atom. The molecule has 24 heavy (non-hydrogen) atoms. The number of alkyl halides is 3. The van der Waals surface area contributed by atoms with Crippen molar-refractivity contribution in [3.63, 3.8) is 0 Å². The number of aromatic nitrogens is 2. The first-order chi connectivity index (χ1) is 11.2. The zero-order valence-electron chi connectivity index (χ0n) is 13.5. The molecule has 2 N–H and O–H groups in total. The van der Waals surface area contributed by atoms with Crippen molar-refractivity contribution in [2.24, 2.45) is 0 Å². The molecular weight excluding hydrogens is 324 g/mol. The number of hydrogen-bond acceptors (Lipinski definition) is 4. The fourth-order valence-electron chi connectivity index (χ4n) is 1.91. The van der Waals surface area contributed by atoms with Gasteiger partial charge >= 0.3 is 6.18 Å². The summed E-state index contributed by atoms with van der Waals surface area (Å²) in [5, 5.41) is 5.59. The van der Waals surface area contributed by atoms with Gasteiger partial charge in [-0.2, -0.15) is 18.2 Å². The second-order valence-electron chi connectivity index (χ2n) is 5.50. The first-order valence-electron chi connectivity index (χ1n) is 7.45. The third kappa shape index (κ3) is 4.56. The second kappa shape index (κ2) is 7.02. The normalized spacial score (nSPS) is 12.8. The number of hydrogen-bond donors (Lipinski definition) is 2. The number of nitrogens with zero attached hydrogens (tertiary/aromatic N) is 2. The molecule has 0 radical (unpaired) electrons. The van der Waals surface area contributed by atoms with Crippen molar-refractivity contribution in [2.45, 2.75) is 39.4 Å². The number of nitrogens with one attached hydrogen (secondary N) is 2. The van der Waals surface area contributed by atoms with E-state index in [1.807, 2.05) is 13.8 Å². The highest BCUT2D eigenvalue weighted by molar-refractivity contribution is 5.58. The Morgan fingerprint density at radius 3 is 2.46 bits per heavy atom. The maximum Gasteiger partial charge on any atom is 0.433 e. The van der Waals surface area contributed by atoms with Crippen molar-refractivity contribution in [3.8, 4) is 0 Å². The van der Waals surface area contributed by atoms with Crippen LogP contribution in [0, 0.1) is 12.7 Å². The first kappa shape index (κ1) is 18.0. The second-order valence-corrected chi connectivity index (χ2v) is 5.50. The number of aryl methyl sites for hydroxylation is 1. The molecule has 4 nitrogen and oxygen atoms in total. The largest absolute Gasteiger partial charge is 0.433 e. The molecule has 0 saturated carbocycles.